The highest BCUT2D eigenvalue weighted by molar-refractivity contribution is 6.28. The molecular weight excluding hydrogens is 278 g/mol. The fraction of sp³-hybridized carbons (Fsp3) is 0.0714. The highest BCUT2D eigenvalue weighted by Gasteiger charge is 2.06. The van der Waals surface area contributed by atoms with Crippen LogP contribution in [0.1, 0.15) is 5.56 Å². The number of halogens is 1. The normalized spacial score (nSPS) is 9.90. The van der Waals surface area contributed by atoms with E-state index in [1.165, 1.54) is 6.08 Å². The Morgan fingerprint density at radius 2 is 2.30 bits per heavy atom. The van der Waals surface area contributed by atoms with E-state index in [4.69, 9.17) is 16.3 Å². The van der Waals surface area contributed by atoms with Crippen molar-refractivity contribution in [1.82, 2.24) is 9.97 Å². The first-order chi connectivity index (χ1) is 9.58. The van der Waals surface area contributed by atoms with Gasteiger partial charge in [0.05, 0.1) is 0 Å². The molecule has 6 heteroatoms. The van der Waals surface area contributed by atoms with Gasteiger partial charge in [0, 0.05) is 23.5 Å². The second kappa shape index (κ2) is 6.16. The third-order valence-corrected chi connectivity index (χ3v) is 2.58. The molecule has 0 saturated heterocycles. The molecule has 0 saturated carbocycles. The number of aryl methyl sites for hydroxylation is 1. The van der Waals surface area contributed by atoms with Gasteiger partial charge in [-0.05, 0) is 36.7 Å². The molecule has 102 valence electrons. The number of aromatic nitrogens is 2. The molecule has 1 aromatic carbocycles. The molecule has 0 atom stereocenters. The summed E-state index contributed by atoms with van der Waals surface area (Å²) in [6.45, 7) is 5.21. The van der Waals surface area contributed by atoms with Crippen molar-refractivity contribution in [2.45, 2.75) is 6.92 Å². The van der Waals surface area contributed by atoms with E-state index in [0.717, 1.165) is 5.56 Å². The first-order valence-electron chi connectivity index (χ1n) is 5.79. The number of nitrogens with one attached hydrogen (secondary N) is 1. The Balaban J connectivity index is 2.21. The first-order valence-corrected chi connectivity index (χ1v) is 6.17. The van der Waals surface area contributed by atoms with Gasteiger partial charge in [0.15, 0.2) is 0 Å². The Labute approximate surface area is 121 Å². The molecule has 5 nitrogen and oxygen atoms in total. The molecular formula is C14H12ClN3O2. The maximum absolute atomic E-state index is 11.2. The van der Waals surface area contributed by atoms with E-state index in [1.54, 1.807) is 30.5 Å². The summed E-state index contributed by atoms with van der Waals surface area (Å²) in [6.07, 6.45) is 2.77. The lowest BCUT2D eigenvalue weighted by atomic mass is 10.3. The predicted molar refractivity (Wildman–Crippen MR) is 77.1 cm³/mol. The number of carbonyl (C=O) groups excluding carboxylic acids is 1. The van der Waals surface area contributed by atoms with E-state index in [1.807, 2.05) is 6.92 Å². The molecule has 20 heavy (non-hydrogen) atoms. The van der Waals surface area contributed by atoms with Gasteiger partial charge >= 0.3 is 0 Å². The average Bonchev–Trinajstić information content (AvgIpc) is 2.43. The molecule has 0 aliphatic heterocycles. The van der Waals surface area contributed by atoms with Crippen molar-refractivity contribution in [3.63, 3.8) is 0 Å². The highest BCUT2D eigenvalue weighted by atomic mass is 35.5. The largest absolute Gasteiger partial charge is 0.439 e. The molecule has 1 N–H and O–H groups in total. The van der Waals surface area contributed by atoms with Gasteiger partial charge in [-0.3, -0.25) is 4.79 Å². The molecule has 2 rings (SSSR count). The fourth-order valence-corrected chi connectivity index (χ4v) is 1.58. The van der Waals surface area contributed by atoms with E-state index in [0.29, 0.717) is 17.3 Å². The molecule has 1 amide bonds. The first kappa shape index (κ1) is 14.0. The maximum Gasteiger partial charge on any atom is 0.247 e. The van der Waals surface area contributed by atoms with Crippen molar-refractivity contribution in [2.75, 3.05) is 5.32 Å². The summed E-state index contributed by atoms with van der Waals surface area (Å²) in [7, 11) is 0. The zero-order chi connectivity index (χ0) is 14.5. The molecule has 0 unspecified atom stereocenters. The zero-order valence-corrected chi connectivity index (χ0v) is 11.5. The Kier molecular flexibility index (Phi) is 4.32. The van der Waals surface area contributed by atoms with Crippen LogP contribution in [0.2, 0.25) is 5.28 Å². The number of ether oxygens (including phenoxy) is 1. The third kappa shape index (κ3) is 3.55. The lowest BCUT2D eigenvalue weighted by Crippen LogP contribution is -2.07. The van der Waals surface area contributed by atoms with Crippen molar-refractivity contribution < 1.29 is 9.53 Å². The summed E-state index contributed by atoms with van der Waals surface area (Å²) in [6, 6.07) is 6.93. The Morgan fingerprint density at radius 1 is 1.50 bits per heavy atom. The number of benzene rings is 1. The van der Waals surface area contributed by atoms with Crippen LogP contribution in [0, 0.1) is 6.92 Å². The van der Waals surface area contributed by atoms with Gasteiger partial charge in [-0.2, -0.15) is 4.98 Å². The van der Waals surface area contributed by atoms with Crippen LogP contribution >= 0.6 is 11.6 Å². The number of carbonyl (C=O) groups is 1. The Bertz CT molecular complexity index is 659. The van der Waals surface area contributed by atoms with Gasteiger partial charge in [-0.15, -0.1) is 0 Å². The standard InChI is InChI=1S/C14H12ClN3O2/c1-3-12(19)17-10-5-4-6-11(7-10)20-13-9(2)8-16-14(15)18-13/h3-8H,1H2,2H3,(H,17,19). The van der Waals surface area contributed by atoms with Crippen LogP contribution in [0.4, 0.5) is 5.69 Å². The number of rotatable bonds is 4. The summed E-state index contributed by atoms with van der Waals surface area (Å²) < 4.78 is 5.63. The van der Waals surface area contributed by atoms with Gasteiger partial charge < -0.3 is 10.1 Å². The molecule has 0 fully saturated rings. The van der Waals surface area contributed by atoms with Crippen molar-refractivity contribution in [3.05, 3.63) is 54.0 Å². The molecule has 0 aliphatic rings. The molecule has 2 aromatic rings. The molecule has 0 spiro atoms. The van der Waals surface area contributed by atoms with Crippen LogP contribution in [0.5, 0.6) is 11.6 Å². The highest BCUT2D eigenvalue weighted by Crippen LogP contribution is 2.25. The third-order valence-electron chi connectivity index (χ3n) is 2.40. The summed E-state index contributed by atoms with van der Waals surface area (Å²) in [5.41, 5.74) is 1.36. The van der Waals surface area contributed by atoms with Crippen molar-refractivity contribution in [2.24, 2.45) is 0 Å². The van der Waals surface area contributed by atoms with Crippen molar-refractivity contribution in [3.8, 4) is 11.6 Å². The van der Waals surface area contributed by atoms with Gasteiger partial charge in [-0.1, -0.05) is 12.6 Å². The number of nitrogens with zero attached hydrogens (tertiary/aromatic N) is 2. The SMILES string of the molecule is C=CC(=O)Nc1cccc(Oc2nc(Cl)ncc2C)c1. The fourth-order valence-electron chi connectivity index (χ4n) is 1.45. The van der Waals surface area contributed by atoms with Crippen LogP contribution in [-0.4, -0.2) is 15.9 Å². The minimum atomic E-state index is -0.289. The number of amides is 1. The topological polar surface area (TPSA) is 64.1 Å². The van der Waals surface area contributed by atoms with E-state index in [2.05, 4.69) is 21.9 Å². The van der Waals surface area contributed by atoms with Gasteiger partial charge in [0.1, 0.15) is 5.75 Å². The van der Waals surface area contributed by atoms with E-state index in [-0.39, 0.29) is 11.2 Å². The van der Waals surface area contributed by atoms with E-state index >= 15 is 0 Å². The van der Waals surface area contributed by atoms with Crippen molar-refractivity contribution >= 4 is 23.2 Å². The van der Waals surface area contributed by atoms with Crippen LogP contribution in [0.15, 0.2) is 43.1 Å². The lowest BCUT2D eigenvalue weighted by molar-refractivity contribution is -0.111. The molecule has 0 radical (unpaired) electrons. The van der Waals surface area contributed by atoms with Crippen LogP contribution in [-0.2, 0) is 4.79 Å². The Hall–Kier alpha value is -2.40. The van der Waals surface area contributed by atoms with E-state index in [9.17, 15) is 4.79 Å². The van der Waals surface area contributed by atoms with Crippen LogP contribution in [0.25, 0.3) is 0 Å². The van der Waals surface area contributed by atoms with Crippen LogP contribution in [0.3, 0.4) is 0 Å². The van der Waals surface area contributed by atoms with Gasteiger partial charge in [0.25, 0.3) is 0 Å². The van der Waals surface area contributed by atoms with Gasteiger partial charge in [-0.25, -0.2) is 4.98 Å². The number of anilines is 1. The zero-order valence-electron chi connectivity index (χ0n) is 10.8. The second-order valence-corrected chi connectivity index (χ2v) is 4.29. The smallest absolute Gasteiger partial charge is 0.247 e. The van der Waals surface area contributed by atoms with E-state index < -0.39 is 0 Å². The molecule has 1 aromatic heterocycles. The van der Waals surface area contributed by atoms with Crippen molar-refractivity contribution in [1.29, 1.82) is 0 Å². The lowest BCUT2D eigenvalue weighted by Gasteiger charge is -2.09. The quantitative estimate of drug-likeness (QED) is 0.692. The monoisotopic (exact) mass is 289 g/mol. The summed E-state index contributed by atoms with van der Waals surface area (Å²) in [4.78, 5) is 19.1. The minimum Gasteiger partial charge on any atom is -0.439 e. The summed E-state index contributed by atoms with van der Waals surface area (Å²) >= 11 is 5.73. The van der Waals surface area contributed by atoms with Crippen LogP contribution < -0.4 is 10.1 Å². The molecule has 1 heterocycles. The molecule has 0 aliphatic carbocycles. The Morgan fingerprint density at radius 3 is 3.05 bits per heavy atom. The average molecular weight is 290 g/mol. The maximum atomic E-state index is 11.2. The predicted octanol–water partition coefficient (Wildman–Crippen LogP) is 3.36. The molecule has 0 bridgehead atoms. The summed E-state index contributed by atoms with van der Waals surface area (Å²) in [5, 5.41) is 2.76. The number of hydrogen-bond acceptors (Lipinski definition) is 4. The number of hydrogen-bond donors (Lipinski definition) is 1. The summed E-state index contributed by atoms with van der Waals surface area (Å²) in [5.74, 6) is 0.616. The van der Waals surface area contributed by atoms with Gasteiger partial charge in [0.2, 0.25) is 17.1 Å². The minimum absolute atomic E-state index is 0.113. The second-order valence-electron chi connectivity index (χ2n) is 3.95.